The summed E-state index contributed by atoms with van der Waals surface area (Å²) < 4.78 is 13.5. The quantitative estimate of drug-likeness (QED) is 0.799. The van der Waals surface area contributed by atoms with Gasteiger partial charge in [0.2, 0.25) is 11.8 Å². The van der Waals surface area contributed by atoms with Crippen LogP contribution in [0.15, 0.2) is 18.2 Å². The zero-order valence-corrected chi connectivity index (χ0v) is 12.7. The van der Waals surface area contributed by atoms with E-state index in [0.717, 1.165) is 25.7 Å². The van der Waals surface area contributed by atoms with Gasteiger partial charge in [0.15, 0.2) is 0 Å². The molecule has 22 heavy (non-hydrogen) atoms. The van der Waals surface area contributed by atoms with Gasteiger partial charge in [0.1, 0.15) is 5.82 Å². The molecule has 0 spiro atoms. The van der Waals surface area contributed by atoms with Gasteiger partial charge in [0.05, 0.1) is 5.69 Å². The summed E-state index contributed by atoms with van der Waals surface area (Å²) in [6, 6.07) is 4.17. The van der Waals surface area contributed by atoms with Crippen LogP contribution in [0.3, 0.4) is 0 Å². The van der Waals surface area contributed by atoms with Crippen molar-refractivity contribution >= 4 is 23.2 Å². The second-order valence-corrected chi connectivity index (χ2v) is 5.84. The SMILES string of the molecule is CC(=O)Nc1cc(NC(=O)CC2CCCCC2N)ccc1F. The van der Waals surface area contributed by atoms with E-state index in [1.54, 1.807) is 0 Å². The third kappa shape index (κ3) is 4.53. The van der Waals surface area contributed by atoms with Crippen LogP contribution in [-0.4, -0.2) is 17.9 Å². The number of nitrogens with one attached hydrogen (secondary N) is 2. The molecule has 2 unspecified atom stereocenters. The first-order chi connectivity index (χ1) is 10.5. The molecular weight excluding hydrogens is 285 g/mol. The minimum atomic E-state index is -0.539. The Kier molecular flexibility index (Phi) is 5.49. The van der Waals surface area contributed by atoms with Crippen molar-refractivity contribution in [2.75, 3.05) is 10.6 Å². The Hall–Kier alpha value is -1.95. The number of carbonyl (C=O) groups excluding carboxylic acids is 2. The zero-order valence-electron chi connectivity index (χ0n) is 12.7. The highest BCUT2D eigenvalue weighted by Gasteiger charge is 2.24. The summed E-state index contributed by atoms with van der Waals surface area (Å²) in [6.45, 7) is 1.30. The van der Waals surface area contributed by atoms with E-state index in [-0.39, 0.29) is 29.5 Å². The Labute approximate surface area is 129 Å². The number of halogens is 1. The Balaban J connectivity index is 1.97. The summed E-state index contributed by atoms with van der Waals surface area (Å²) in [4.78, 5) is 23.1. The zero-order chi connectivity index (χ0) is 16.1. The molecule has 0 bridgehead atoms. The number of hydrogen-bond donors (Lipinski definition) is 3. The molecule has 0 saturated heterocycles. The van der Waals surface area contributed by atoms with Crippen molar-refractivity contribution in [3.05, 3.63) is 24.0 Å². The van der Waals surface area contributed by atoms with Crippen LogP contribution in [0.5, 0.6) is 0 Å². The third-order valence-electron chi connectivity index (χ3n) is 3.98. The maximum atomic E-state index is 13.5. The van der Waals surface area contributed by atoms with Crippen LogP contribution >= 0.6 is 0 Å². The monoisotopic (exact) mass is 307 g/mol. The number of rotatable bonds is 4. The van der Waals surface area contributed by atoms with Gasteiger partial charge < -0.3 is 16.4 Å². The smallest absolute Gasteiger partial charge is 0.224 e. The van der Waals surface area contributed by atoms with Gasteiger partial charge in [-0.15, -0.1) is 0 Å². The van der Waals surface area contributed by atoms with Crippen LogP contribution < -0.4 is 16.4 Å². The van der Waals surface area contributed by atoms with Crippen LogP contribution in [0.1, 0.15) is 39.0 Å². The normalized spacial score (nSPS) is 21.2. The number of carbonyl (C=O) groups is 2. The lowest BCUT2D eigenvalue weighted by atomic mass is 9.83. The molecule has 0 aromatic heterocycles. The maximum absolute atomic E-state index is 13.5. The Morgan fingerprint density at radius 3 is 2.68 bits per heavy atom. The third-order valence-corrected chi connectivity index (χ3v) is 3.98. The van der Waals surface area contributed by atoms with E-state index in [0.29, 0.717) is 12.1 Å². The minimum absolute atomic E-state index is 0.0552. The van der Waals surface area contributed by atoms with E-state index in [1.165, 1.54) is 25.1 Å². The maximum Gasteiger partial charge on any atom is 0.224 e. The van der Waals surface area contributed by atoms with Crippen molar-refractivity contribution in [1.82, 2.24) is 0 Å². The summed E-state index contributed by atoms with van der Waals surface area (Å²) in [6.07, 6.45) is 4.52. The van der Waals surface area contributed by atoms with Crippen LogP contribution in [-0.2, 0) is 9.59 Å². The van der Waals surface area contributed by atoms with Gasteiger partial charge in [-0.05, 0) is 37.0 Å². The number of benzene rings is 1. The molecule has 1 aliphatic carbocycles. The molecule has 1 saturated carbocycles. The van der Waals surface area contributed by atoms with Crippen molar-refractivity contribution in [2.24, 2.45) is 11.7 Å². The lowest BCUT2D eigenvalue weighted by molar-refractivity contribution is -0.117. The summed E-state index contributed by atoms with van der Waals surface area (Å²) >= 11 is 0. The van der Waals surface area contributed by atoms with Gasteiger partial charge in [-0.3, -0.25) is 9.59 Å². The second kappa shape index (κ2) is 7.35. The van der Waals surface area contributed by atoms with Crippen LogP contribution in [0, 0.1) is 11.7 Å². The molecule has 0 aliphatic heterocycles. The predicted molar refractivity (Wildman–Crippen MR) is 83.9 cm³/mol. The molecule has 2 atom stereocenters. The van der Waals surface area contributed by atoms with Crippen LogP contribution in [0.4, 0.5) is 15.8 Å². The first kappa shape index (κ1) is 16.4. The summed E-state index contributed by atoms with van der Waals surface area (Å²) in [7, 11) is 0. The molecule has 120 valence electrons. The standard InChI is InChI=1S/C16H22FN3O2/c1-10(21)19-15-9-12(6-7-13(15)17)20-16(22)8-11-4-2-3-5-14(11)18/h6-7,9,11,14H,2-5,8,18H2,1H3,(H,19,21)(H,20,22). The average Bonchev–Trinajstić information content (AvgIpc) is 2.44. The molecule has 1 aliphatic rings. The summed E-state index contributed by atoms with van der Waals surface area (Å²) in [5.41, 5.74) is 6.56. The Bertz CT molecular complexity index is 562. The minimum Gasteiger partial charge on any atom is -0.327 e. The first-order valence-corrected chi connectivity index (χ1v) is 7.58. The fourth-order valence-electron chi connectivity index (χ4n) is 2.83. The molecule has 4 N–H and O–H groups in total. The molecule has 0 heterocycles. The number of anilines is 2. The van der Waals surface area contributed by atoms with Crippen molar-refractivity contribution in [3.8, 4) is 0 Å². The van der Waals surface area contributed by atoms with E-state index in [2.05, 4.69) is 10.6 Å². The first-order valence-electron chi connectivity index (χ1n) is 7.58. The van der Waals surface area contributed by atoms with E-state index in [9.17, 15) is 14.0 Å². The van der Waals surface area contributed by atoms with Gasteiger partial charge in [-0.2, -0.15) is 0 Å². The second-order valence-electron chi connectivity index (χ2n) is 5.84. The lowest BCUT2D eigenvalue weighted by Crippen LogP contribution is -2.35. The number of hydrogen-bond acceptors (Lipinski definition) is 3. The van der Waals surface area contributed by atoms with Crippen LogP contribution in [0.25, 0.3) is 0 Å². The Morgan fingerprint density at radius 2 is 2.00 bits per heavy atom. The molecule has 5 nitrogen and oxygen atoms in total. The number of nitrogens with two attached hydrogens (primary N) is 1. The topological polar surface area (TPSA) is 84.2 Å². The molecule has 0 radical (unpaired) electrons. The molecule has 6 heteroatoms. The molecular formula is C16H22FN3O2. The van der Waals surface area contributed by atoms with Gasteiger partial charge in [-0.1, -0.05) is 12.8 Å². The van der Waals surface area contributed by atoms with E-state index >= 15 is 0 Å². The van der Waals surface area contributed by atoms with E-state index in [4.69, 9.17) is 5.73 Å². The Morgan fingerprint density at radius 1 is 1.27 bits per heavy atom. The van der Waals surface area contributed by atoms with Gasteiger partial charge in [-0.25, -0.2) is 4.39 Å². The fraction of sp³-hybridized carbons (Fsp3) is 0.500. The van der Waals surface area contributed by atoms with Crippen molar-refractivity contribution < 1.29 is 14.0 Å². The van der Waals surface area contributed by atoms with E-state index < -0.39 is 5.82 Å². The van der Waals surface area contributed by atoms with E-state index in [1.807, 2.05) is 0 Å². The molecule has 1 aromatic rings. The number of amides is 2. The highest BCUT2D eigenvalue weighted by molar-refractivity contribution is 5.93. The highest BCUT2D eigenvalue weighted by Crippen LogP contribution is 2.26. The van der Waals surface area contributed by atoms with Gasteiger partial charge >= 0.3 is 0 Å². The van der Waals surface area contributed by atoms with Crippen molar-refractivity contribution in [2.45, 2.75) is 45.1 Å². The van der Waals surface area contributed by atoms with Gasteiger partial charge in [0, 0.05) is 25.1 Å². The van der Waals surface area contributed by atoms with Crippen molar-refractivity contribution in [3.63, 3.8) is 0 Å². The molecule has 1 aromatic carbocycles. The van der Waals surface area contributed by atoms with Crippen LogP contribution in [0.2, 0.25) is 0 Å². The largest absolute Gasteiger partial charge is 0.327 e. The lowest BCUT2D eigenvalue weighted by Gasteiger charge is -2.27. The molecule has 1 fully saturated rings. The van der Waals surface area contributed by atoms with Gasteiger partial charge in [0.25, 0.3) is 0 Å². The molecule has 2 rings (SSSR count). The van der Waals surface area contributed by atoms with Crippen molar-refractivity contribution in [1.29, 1.82) is 0 Å². The fourth-order valence-corrected chi connectivity index (χ4v) is 2.83. The summed E-state index contributed by atoms with van der Waals surface area (Å²) in [5.74, 6) is -0.843. The summed E-state index contributed by atoms with van der Waals surface area (Å²) in [5, 5.41) is 5.13. The highest BCUT2D eigenvalue weighted by atomic mass is 19.1. The molecule has 2 amide bonds. The average molecular weight is 307 g/mol. The predicted octanol–water partition coefficient (Wildman–Crippen LogP) is 2.63.